The molecule has 0 aliphatic rings. The Labute approximate surface area is 142 Å². The molecule has 0 fully saturated rings. The predicted octanol–water partition coefficient (Wildman–Crippen LogP) is 4.50. The zero-order valence-electron chi connectivity index (χ0n) is 12.6. The summed E-state index contributed by atoms with van der Waals surface area (Å²) in [5.74, 6) is -0.201. The van der Waals surface area contributed by atoms with E-state index in [1.807, 2.05) is 54.6 Å². The molecule has 0 saturated carbocycles. The van der Waals surface area contributed by atoms with E-state index < -0.39 is 0 Å². The number of hydrogen-bond acceptors (Lipinski definition) is 4. The van der Waals surface area contributed by atoms with Crippen LogP contribution in [0.3, 0.4) is 0 Å². The van der Waals surface area contributed by atoms with Crippen molar-refractivity contribution >= 4 is 50.1 Å². The van der Waals surface area contributed by atoms with Crippen molar-refractivity contribution in [2.75, 3.05) is 5.32 Å². The Hall–Kier alpha value is -3.05. The predicted molar refractivity (Wildman–Crippen MR) is 99.0 cm³/mol. The quantitative estimate of drug-likeness (QED) is 0.563. The first-order chi connectivity index (χ1) is 11.8. The lowest BCUT2D eigenvalue weighted by Crippen LogP contribution is -2.08. The third kappa shape index (κ3) is 2.89. The van der Waals surface area contributed by atoms with Crippen LogP contribution in [0.2, 0.25) is 0 Å². The molecule has 2 heterocycles. The molecule has 0 bridgehead atoms. The Morgan fingerprint density at radius 3 is 2.83 bits per heavy atom. The number of carbonyl (C=O) groups excluding carboxylic acids is 1. The Bertz CT molecular complexity index is 1030. The summed E-state index contributed by atoms with van der Waals surface area (Å²) in [6.45, 7) is 0. The standard InChI is InChI=1S/C19H13N3OS/c23-17(10-11-18-22-14-7-1-2-9-16(14)24-18)21-15-8-3-5-13-6-4-12-20-19(13)15/h1-12H,(H,21,23)/b11-10+. The summed E-state index contributed by atoms with van der Waals surface area (Å²) in [6.07, 6.45) is 4.95. The third-order valence-electron chi connectivity index (χ3n) is 3.58. The second-order valence-electron chi connectivity index (χ2n) is 5.22. The summed E-state index contributed by atoms with van der Waals surface area (Å²) < 4.78 is 1.11. The Kier molecular flexibility index (Phi) is 3.76. The molecule has 2 aromatic carbocycles. The number of hydrogen-bond donors (Lipinski definition) is 1. The number of amides is 1. The summed E-state index contributed by atoms with van der Waals surface area (Å²) in [6, 6.07) is 17.5. The molecule has 0 spiro atoms. The van der Waals surface area contributed by atoms with Crippen molar-refractivity contribution in [3.05, 3.63) is 71.9 Å². The van der Waals surface area contributed by atoms with Crippen molar-refractivity contribution in [1.29, 1.82) is 0 Å². The van der Waals surface area contributed by atoms with E-state index in [9.17, 15) is 4.79 Å². The van der Waals surface area contributed by atoms with Crippen LogP contribution in [0.5, 0.6) is 0 Å². The summed E-state index contributed by atoms with van der Waals surface area (Å²) in [7, 11) is 0. The second kappa shape index (κ2) is 6.22. The van der Waals surface area contributed by atoms with Crippen LogP contribution in [-0.2, 0) is 4.79 Å². The molecule has 5 heteroatoms. The van der Waals surface area contributed by atoms with Crippen molar-refractivity contribution in [2.24, 2.45) is 0 Å². The summed E-state index contributed by atoms with van der Waals surface area (Å²) in [4.78, 5) is 21.0. The molecule has 0 aliphatic carbocycles. The first-order valence-electron chi connectivity index (χ1n) is 7.48. The highest BCUT2D eigenvalue weighted by molar-refractivity contribution is 7.19. The molecule has 4 aromatic rings. The van der Waals surface area contributed by atoms with E-state index in [2.05, 4.69) is 15.3 Å². The van der Waals surface area contributed by atoms with Gasteiger partial charge in [-0.25, -0.2) is 4.98 Å². The number of para-hydroxylation sites is 2. The van der Waals surface area contributed by atoms with Gasteiger partial charge in [-0.05, 0) is 30.3 Å². The average Bonchev–Trinajstić information content (AvgIpc) is 3.03. The van der Waals surface area contributed by atoms with Crippen LogP contribution >= 0.6 is 11.3 Å². The van der Waals surface area contributed by atoms with Crippen molar-refractivity contribution < 1.29 is 4.79 Å². The molecule has 4 rings (SSSR count). The first kappa shape index (κ1) is 14.5. The van der Waals surface area contributed by atoms with Gasteiger partial charge in [-0.2, -0.15) is 0 Å². The first-order valence-corrected chi connectivity index (χ1v) is 8.30. The van der Waals surface area contributed by atoms with Gasteiger partial charge >= 0.3 is 0 Å². The van der Waals surface area contributed by atoms with Crippen molar-refractivity contribution in [1.82, 2.24) is 9.97 Å². The minimum atomic E-state index is -0.201. The summed E-state index contributed by atoms with van der Waals surface area (Å²) in [5, 5.41) is 4.68. The maximum Gasteiger partial charge on any atom is 0.248 e. The Morgan fingerprint density at radius 1 is 1.04 bits per heavy atom. The van der Waals surface area contributed by atoms with Gasteiger partial charge in [-0.1, -0.05) is 30.3 Å². The van der Waals surface area contributed by atoms with E-state index >= 15 is 0 Å². The molecule has 116 valence electrons. The minimum Gasteiger partial charge on any atom is -0.321 e. The van der Waals surface area contributed by atoms with E-state index in [0.717, 1.165) is 26.1 Å². The van der Waals surface area contributed by atoms with Crippen molar-refractivity contribution in [3.63, 3.8) is 0 Å². The van der Waals surface area contributed by atoms with Crippen LogP contribution in [0, 0.1) is 0 Å². The molecule has 0 radical (unpaired) electrons. The molecular formula is C19H13N3OS. The second-order valence-corrected chi connectivity index (χ2v) is 6.29. The minimum absolute atomic E-state index is 0.201. The van der Waals surface area contributed by atoms with Crippen LogP contribution in [-0.4, -0.2) is 15.9 Å². The third-order valence-corrected chi connectivity index (χ3v) is 4.58. The van der Waals surface area contributed by atoms with E-state index in [1.54, 1.807) is 23.6 Å². The SMILES string of the molecule is O=C(/C=C/c1nc2ccccc2s1)Nc1cccc2cccnc12. The van der Waals surface area contributed by atoms with Gasteiger partial charge in [0, 0.05) is 17.7 Å². The van der Waals surface area contributed by atoms with Gasteiger partial charge in [0.15, 0.2) is 0 Å². The van der Waals surface area contributed by atoms with Crippen molar-refractivity contribution in [3.8, 4) is 0 Å². The summed E-state index contributed by atoms with van der Waals surface area (Å²) >= 11 is 1.56. The van der Waals surface area contributed by atoms with E-state index in [-0.39, 0.29) is 5.91 Å². The number of nitrogens with one attached hydrogen (secondary N) is 1. The topological polar surface area (TPSA) is 54.9 Å². The lowest BCUT2D eigenvalue weighted by atomic mass is 10.2. The molecule has 24 heavy (non-hydrogen) atoms. The fourth-order valence-corrected chi connectivity index (χ4v) is 3.36. The zero-order chi connectivity index (χ0) is 16.4. The lowest BCUT2D eigenvalue weighted by molar-refractivity contribution is -0.111. The molecule has 0 aliphatic heterocycles. The van der Waals surface area contributed by atoms with Gasteiger partial charge in [-0.3, -0.25) is 9.78 Å². The smallest absolute Gasteiger partial charge is 0.248 e. The van der Waals surface area contributed by atoms with Crippen LogP contribution in [0.15, 0.2) is 66.9 Å². The Morgan fingerprint density at radius 2 is 1.92 bits per heavy atom. The van der Waals surface area contributed by atoms with E-state index in [1.165, 1.54) is 6.08 Å². The average molecular weight is 331 g/mol. The van der Waals surface area contributed by atoms with Gasteiger partial charge in [0.2, 0.25) is 5.91 Å². The van der Waals surface area contributed by atoms with Crippen LogP contribution < -0.4 is 5.32 Å². The number of nitrogens with zero attached hydrogens (tertiary/aromatic N) is 2. The Balaban J connectivity index is 1.55. The summed E-state index contributed by atoms with van der Waals surface area (Å²) in [5.41, 5.74) is 2.43. The number of carbonyl (C=O) groups is 1. The highest BCUT2D eigenvalue weighted by Gasteiger charge is 2.05. The number of thiazole rings is 1. The fraction of sp³-hybridized carbons (Fsp3) is 0. The highest BCUT2D eigenvalue weighted by atomic mass is 32.1. The normalized spacial score (nSPS) is 11.3. The maximum atomic E-state index is 12.2. The molecular weight excluding hydrogens is 318 g/mol. The number of benzene rings is 2. The van der Waals surface area contributed by atoms with Gasteiger partial charge in [0.05, 0.1) is 21.4 Å². The molecule has 4 nitrogen and oxygen atoms in total. The highest BCUT2D eigenvalue weighted by Crippen LogP contribution is 2.23. The number of fused-ring (bicyclic) bond motifs is 2. The van der Waals surface area contributed by atoms with E-state index in [0.29, 0.717) is 5.69 Å². The van der Waals surface area contributed by atoms with Crippen molar-refractivity contribution in [2.45, 2.75) is 0 Å². The number of pyridine rings is 1. The maximum absolute atomic E-state index is 12.2. The van der Waals surface area contributed by atoms with Crippen LogP contribution in [0.1, 0.15) is 5.01 Å². The fourth-order valence-electron chi connectivity index (χ4n) is 2.49. The van der Waals surface area contributed by atoms with E-state index in [4.69, 9.17) is 0 Å². The largest absolute Gasteiger partial charge is 0.321 e. The van der Waals surface area contributed by atoms with Gasteiger partial charge in [0.25, 0.3) is 0 Å². The molecule has 1 N–H and O–H groups in total. The number of rotatable bonds is 3. The molecule has 0 atom stereocenters. The monoisotopic (exact) mass is 331 g/mol. The lowest BCUT2D eigenvalue weighted by Gasteiger charge is -2.05. The van der Waals surface area contributed by atoms with Gasteiger partial charge < -0.3 is 5.32 Å². The van der Waals surface area contributed by atoms with Gasteiger partial charge in [-0.15, -0.1) is 11.3 Å². The van der Waals surface area contributed by atoms with Crippen LogP contribution in [0.25, 0.3) is 27.2 Å². The number of aromatic nitrogens is 2. The molecule has 1 amide bonds. The van der Waals surface area contributed by atoms with Gasteiger partial charge in [0.1, 0.15) is 5.01 Å². The molecule has 0 saturated heterocycles. The van der Waals surface area contributed by atoms with Crippen LogP contribution in [0.4, 0.5) is 5.69 Å². The number of anilines is 1. The molecule has 2 aromatic heterocycles. The molecule has 0 unspecified atom stereocenters. The zero-order valence-corrected chi connectivity index (χ0v) is 13.5.